The van der Waals surface area contributed by atoms with Crippen LogP contribution in [-0.2, 0) is 10.0 Å². The van der Waals surface area contributed by atoms with E-state index in [9.17, 15) is 8.42 Å². The Morgan fingerprint density at radius 2 is 1.76 bits per heavy atom. The highest BCUT2D eigenvalue weighted by molar-refractivity contribution is 7.92. The quantitative estimate of drug-likeness (QED) is 0.287. The molecule has 1 aliphatic rings. The van der Waals surface area contributed by atoms with Crippen molar-refractivity contribution in [2.45, 2.75) is 70.2 Å². The number of benzene rings is 1. The van der Waals surface area contributed by atoms with Gasteiger partial charge in [0.25, 0.3) is 10.0 Å². The number of aromatic nitrogens is 2. The van der Waals surface area contributed by atoms with E-state index < -0.39 is 10.0 Å². The van der Waals surface area contributed by atoms with Gasteiger partial charge in [0.2, 0.25) is 0 Å². The molecular weight excluding hydrogens is 476 g/mol. The number of halogens is 1. The Morgan fingerprint density at radius 1 is 1.03 bits per heavy atom. The number of hydrogen-bond acceptors (Lipinski definition) is 6. The van der Waals surface area contributed by atoms with Crippen LogP contribution in [0, 0.1) is 20.8 Å². The van der Waals surface area contributed by atoms with Crippen LogP contribution >= 0.6 is 22.9 Å². The van der Waals surface area contributed by atoms with Gasteiger partial charge in [0.05, 0.1) is 27.4 Å². The highest BCUT2D eigenvalue weighted by Crippen LogP contribution is 2.36. The Balaban J connectivity index is 1.61. The standard InChI is InChI=1S/C24H29ClN4O2S2/c1-15-10-11-18(13-21(15)33(30,31)29-20-14-26-22(25)12-16(20)2)23-17(3)27-24(32-23)28-19-8-6-4-5-7-9-19/h10-14,19,29H,4-9H2,1-3H3,(H,27,28). The second-order valence-corrected chi connectivity index (χ2v) is 11.7. The van der Waals surface area contributed by atoms with Crippen LogP contribution in [0.5, 0.6) is 0 Å². The summed E-state index contributed by atoms with van der Waals surface area (Å²) >= 11 is 7.49. The van der Waals surface area contributed by atoms with Crippen LogP contribution in [0.15, 0.2) is 35.4 Å². The number of hydrogen-bond donors (Lipinski definition) is 2. The van der Waals surface area contributed by atoms with Gasteiger partial charge in [0, 0.05) is 6.04 Å². The number of sulfonamides is 1. The zero-order valence-corrected chi connectivity index (χ0v) is 21.5. The number of rotatable bonds is 6. The maximum absolute atomic E-state index is 13.2. The average Bonchev–Trinajstić information content (AvgIpc) is 2.94. The number of nitrogens with one attached hydrogen (secondary N) is 2. The molecule has 0 amide bonds. The van der Waals surface area contributed by atoms with Gasteiger partial charge in [0.1, 0.15) is 5.15 Å². The molecule has 0 radical (unpaired) electrons. The summed E-state index contributed by atoms with van der Waals surface area (Å²) in [7, 11) is -3.81. The number of anilines is 2. The number of thiazole rings is 1. The molecule has 33 heavy (non-hydrogen) atoms. The van der Waals surface area contributed by atoms with Crippen LogP contribution in [0.3, 0.4) is 0 Å². The molecule has 2 aromatic heterocycles. The predicted molar refractivity (Wildman–Crippen MR) is 137 cm³/mol. The van der Waals surface area contributed by atoms with Crippen molar-refractivity contribution in [3.8, 4) is 10.4 Å². The number of nitrogens with zero attached hydrogens (tertiary/aromatic N) is 2. The van der Waals surface area contributed by atoms with Crippen molar-refractivity contribution in [2.24, 2.45) is 0 Å². The van der Waals surface area contributed by atoms with Gasteiger partial charge in [-0.2, -0.15) is 0 Å². The molecule has 2 heterocycles. The summed E-state index contributed by atoms with van der Waals surface area (Å²) in [5.74, 6) is 0. The summed E-state index contributed by atoms with van der Waals surface area (Å²) in [5, 5.41) is 4.84. The lowest BCUT2D eigenvalue weighted by Gasteiger charge is -2.14. The van der Waals surface area contributed by atoms with Gasteiger partial charge in [-0.15, -0.1) is 0 Å². The van der Waals surface area contributed by atoms with E-state index >= 15 is 0 Å². The first-order valence-electron chi connectivity index (χ1n) is 11.2. The monoisotopic (exact) mass is 504 g/mol. The van der Waals surface area contributed by atoms with Crippen molar-refractivity contribution in [1.82, 2.24) is 9.97 Å². The molecule has 2 N–H and O–H groups in total. The van der Waals surface area contributed by atoms with E-state index in [1.165, 1.54) is 44.7 Å². The fraction of sp³-hybridized carbons (Fsp3) is 0.417. The Hall–Kier alpha value is -2.16. The van der Waals surface area contributed by atoms with Crippen molar-refractivity contribution < 1.29 is 8.42 Å². The van der Waals surface area contributed by atoms with Crippen molar-refractivity contribution in [3.05, 3.63) is 52.4 Å². The molecule has 1 aliphatic carbocycles. The number of pyridine rings is 1. The van der Waals surface area contributed by atoms with E-state index in [1.807, 2.05) is 19.1 Å². The molecule has 0 aliphatic heterocycles. The normalized spacial score (nSPS) is 15.3. The van der Waals surface area contributed by atoms with Gasteiger partial charge in [-0.1, -0.05) is 60.8 Å². The van der Waals surface area contributed by atoms with Crippen molar-refractivity contribution in [2.75, 3.05) is 10.0 Å². The van der Waals surface area contributed by atoms with Crippen LogP contribution in [0.25, 0.3) is 10.4 Å². The van der Waals surface area contributed by atoms with Crippen molar-refractivity contribution in [1.29, 1.82) is 0 Å². The van der Waals surface area contributed by atoms with Crippen molar-refractivity contribution >= 4 is 43.8 Å². The smallest absolute Gasteiger partial charge is 0.262 e. The highest BCUT2D eigenvalue weighted by Gasteiger charge is 2.21. The minimum Gasteiger partial charge on any atom is -0.359 e. The molecule has 1 aromatic carbocycles. The lowest BCUT2D eigenvalue weighted by molar-refractivity contribution is 0.600. The van der Waals surface area contributed by atoms with Gasteiger partial charge in [-0.3, -0.25) is 4.72 Å². The summed E-state index contributed by atoms with van der Waals surface area (Å²) < 4.78 is 29.1. The summed E-state index contributed by atoms with van der Waals surface area (Å²) in [6, 6.07) is 7.62. The Labute approximate surface area is 204 Å². The summed E-state index contributed by atoms with van der Waals surface area (Å²) in [6.07, 6.45) is 8.90. The summed E-state index contributed by atoms with van der Waals surface area (Å²) in [6.45, 7) is 5.56. The minimum atomic E-state index is -3.81. The van der Waals surface area contributed by atoms with Crippen LogP contribution in [0.2, 0.25) is 5.15 Å². The van der Waals surface area contributed by atoms with Gasteiger partial charge in [-0.25, -0.2) is 18.4 Å². The molecule has 9 heteroatoms. The molecule has 0 spiro atoms. The van der Waals surface area contributed by atoms with Gasteiger partial charge in [0.15, 0.2) is 5.13 Å². The predicted octanol–water partition coefficient (Wildman–Crippen LogP) is 6.72. The molecule has 1 saturated carbocycles. The molecular formula is C24H29ClN4O2S2. The fourth-order valence-electron chi connectivity index (χ4n) is 4.18. The molecule has 0 atom stereocenters. The van der Waals surface area contributed by atoms with Crippen LogP contribution < -0.4 is 10.0 Å². The zero-order valence-electron chi connectivity index (χ0n) is 19.1. The molecule has 176 valence electrons. The Morgan fingerprint density at radius 3 is 2.45 bits per heavy atom. The molecule has 6 nitrogen and oxygen atoms in total. The van der Waals surface area contributed by atoms with E-state index in [0.29, 0.717) is 28.0 Å². The second kappa shape index (κ2) is 9.99. The van der Waals surface area contributed by atoms with E-state index in [0.717, 1.165) is 21.3 Å². The van der Waals surface area contributed by atoms with Crippen LogP contribution in [-0.4, -0.2) is 24.4 Å². The SMILES string of the molecule is Cc1cc(Cl)ncc1NS(=O)(=O)c1cc(-c2sc(NC3CCCCCC3)nc2C)ccc1C. The topological polar surface area (TPSA) is 84.0 Å². The van der Waals surface area contributed by atoms with Gasteiger partial charge < -0.3 is 5.32 Å². The third kappa shape index (κ3) is 5.67. The van der Waals surface area contributed by atoms with E-state index in [1.54, 1.807) is 37.3 Å². The van der Waals surface area contributed by atoms with Gasteiger partial charge in [-0.05, 0) is 62.4 Å². The van der Waals surface area contributed by atoms with E-state index in [4.69, 9.17) is 16.6 Å². The average molecular weight is 505 g/mol. The number of aryl methyl sites for hydroxylation is 3. The molecule has 0 saturated heterocycles. The first-order chi connectivity index (χ1) is 15.7. The van der Waals surface area contributed by atoms with Crippen molar-refractivity contribution in [3.63, 3.8) is 0 Å². The van der Waals surface area contributed by atoms with Gasteiger partial charge >= 0.3 is 0 Å². The summed E-state index contributed by atoms with van der Waals surface area (Å²) in [5.41, 5.74) is 3.53. The molecule has 3 aromatic rings. The maximum atomic E-state index is 13.2. The largest absolute Gasteiger partial charge is 0.359 e. The van der Waals surface area contributed by atoms with Crippen LogP contribution in [0.4, 0.5) is 10.8 Å². The van der Waals surface area contributed by atoms with E-state index in [2.05, 4.69) is 15.0 Å². The van der Waals surface area contributed by atoms with Crippen LogP contribution in [0.1, 0.15) is 55.3 Å². The Kier molecular flexibility index (Phi) is 7.26. The van der Waals surface area contributed by atoms with E-state index in [-0.39, 0.29) is 4.90 Å². The molecule has 1 fully saturated rings. The lowest BCUT2D eigenvalue weighted by atomic mass is 10.1. The first-order valence-corrected chi connectivity index (χ1v) is 13.9. The minimum absolute atomic E-state index is 0.237. The molecule has 0 bridgehead atoms. The highest BCUT2D eigenvalue weighted by atomic mass is 35.5. The maximum Gasteiger partial charge on any atom is 0.262 e. The Bertz CT molecular complexity index is 1250. The zero-order chi connectivity index (χ0) is 23.6. The fourth-order valence-corrected chi connectivity index (χ4v) is 6.82. The summed E-state index contributed by atoms with van der Waals surface area (Å²) in [4.78, 5) is 9.95. The third-order valence-electron chi connectivity index (χ3n) is 6.04. The second-order valence-electron chi connectivity index (χ2n) is 8.67. The third-order valence-corrected chi connectivity index (χ3v) is 8.89. The molecule has 0 unspecified atom stereocenters. The molecule has 4 rings (SSSR count). The lowest BCUT2D eigenvalue weighted by Crippen LogP contribution is -2.17. The first kappa shape index (κ1) is 24.0.